The van der Waals surface area contributed by atoms with Crippen LogP contribution in [0.3, 0.4) is 0 Å². The lowest BCUT2D eigenvalue weighted by Gasteiger charge is -2.12. The quantitative estimate of drug-likeness (QED) is 0.293. The number of nitrogens with zero attached hydrogens (tertiary/aromatic N) is 4. The van der Waals surface area contributed by atoms with Crippen LogP contribution in [0.5, 0.6) is 0 Å². The Morgan fingerprint density at radius 1 is 0.800 bits per heavy atom. The number of nitro benzene ring substituents is 2. The van der Waals surface area contributed by atoms with E-state index in [1.54, 1.807) is 18.2 Å². The fourth-order valence-corrected chi connectivity index (χ4v) is 3.10. The molecule has 0 spiro atoms. The van der Waals surface area contributed by atoms with Crippen molar-refractivity contribution in [3.8, 4) is 0 Å². The van der Waals surface area contributed by atoms with Gasteiger partial charge in [-0.2, -0.15) is 0 Å². The lowest BCUT2D eigenvalue weighted by atomic mass is 10.1. The summed E-state index contributed by atoms with van der Waals surface area (Å²) in [6, 6.07) is 10.7. The van der Waals surface area contributed by atoms with E-state index in [9.17, 15) is 25.0 Å². The third kappa shape index (κ3) is 3.30. The predicted molar refractivity (Wildman–Crippen MR) is 109 cm³/mol. The summed E-state index contributed by atoms with van der Waals surface area (Å²) < 4.78 is 0. The van der Waals surface area contributed by atoms with Crippen molar-refractivity contribution in [2.75, 3.05) is 10.6 Å². The molecule has 2 aromatic carbocycles. The Morgan fingerprint density at radius 2 is 1.40 bits per heavy atom. The van der Waals surface area contributed by atoms with Crippen molar-refractivity contribution in [3.63, 3.8) is 0 Å². The Kier molecular flexibility index (Phi) is 4.60. The molecule has 0 saturated carbocycles. The second-order valence-electron chi connectivity index (χ2n) is 6.16. The number of hydrogen-bond acceptors (Lipinski definition) is 7. The molecule has 11 nitrogen and oxygen atoms in total. The fraction of sp³-hybridized carbons (Fsp3) is 0. The minimum Gasteiger partial charge on any atom is -0.308 e. The van der Waals surface area contributed by atoms with Gasteiger partial charge in [0.15, 0.2) is 0 Å². The Balaban J connectivity index is 1.77. The van der Waals surface area contributed by atoms with Gasteiger partial charge in [-0.3, -0.25) is 30.2 Å². The first kappa shape index (κ1) is 18.7. The molecular weight excluding hydrogens is 392 g/mol. The summed E-state index contributed by atoms with van der Waals surface area (Å²) in [5.41, 5.74) is 0.576. The van der Waals surface area contributed by atoms with Crippen LogP contribution in [0, 0.1) is 20.2 Å². The Bertz CT molecular complexity index is 1320. The average Bonchev–Trinajstić information content (AvgIpc) is 2.74. The van der Waals surface area contributed by atoms with Crippen LogP contribution in [0.1, 0.15) is 0 Å². The molecule has 0 saturated heterocycles. The van der Waals surface area contributed by atoms with E-state index in [0.717, 1.165) is 0 Å². The van der Waals surface area contributed by atoms with E-state index in [-0.39, 0.29) is 28.1 Å². The summed E-state index contributed by atoms with van der Waals surface area (Å²) in [6.45, 7) is 0. The molecule has 0 unspecified atom stereocenters. The van der Waals surface area contributed by atoms with Crippen LogP contribution in [0.25, 0.3) is 21.8 Å². The zero-order valence-corrected chi connectivity index (χ0v) is 15.1. The van der Waals surface area contributed by atoms with Crippen LogP contribution in [0.2, 0.25) is 0 Å². The number of carbonyl (C=O) groups is 1. The maximum absolute atomic E-state index is 12.5. The van der Waals surface area contributed by atoms with Gasteiger partial charge >= 0.3 is 11.7 Å². The van der Waals surface area contributed by atoms with Crippen molar-refractivity contribution < 1.29 is 14.6 Å². The Hall–Kier alpha value is -4.67. The first-order valence-electron chi connectivity index (χ1n) is 8.58. The fourth-order valence-electron chi connectivity index (χ4n) is 3.10. The van der Waals surface area contributed by atoms with Crippen molar-refractivity contribution in [3.05, 3.63) is 81.2 Å². The van der Waals surface area contributed by atoms with Crippen molar-refractivity contribution in [1.29, 1.82) is 0 Å². The standard InChI is InChI=1S/C19H12N6O5/c26-19(22-11-5-7-12(8-6-11)24(27)28)23-17-13-3-1-9-20-15(13)16-14(4-2-10-21-16)18(17)25(29)30/h1-10H,(H2,22,23,26). The van der Waals surface area contributed by atoms with E-state index in [2.05, 4.69) is 20.6 Å². The molecule has 0 fully saturated rings. The number of fused-ring (bicyclic) bond motifs is 3. The Morgan fingerprint density at radius 3 is 2.00 bits per heavy atom. The largest absolute Gasteiger partial charge is 0.323 e. The van der Waals surface area contributed by atoms with E-state index < -0.39 is 15.9 Å². The van der Waals surface area contributed by atoms with Gasteiger partial charge in [0.1, 0.15) is 11.2 Å². The number of urea groups is 1. The first-order chi connectivity index (χ1) is 14.5. The lowest BCUT2D eigenvalue weighted by molar-refractivity contribution is -0.384. The summed E-state index contributed by atoms with van der Waals surface area (Å²) in [5, 5.41) is 28.2. The van der Waals surface area contributed by atoms with Gasteiger partial charge in [0.05, 0.1) is 20.7 Å². The van der Waals surface area contributed by atoms with Crippen LogP contribution in [0.4, 0.5) is 27.5 Å². The summed E-state index contributed by atoms with van der Waals surface area (Å²) in [5.74, 6) is 0. The molecule has 11 heteroatoms. The predicted octanol–water partition coefficient (Wildman–Crippen LogP) is 4.24. The topological polar surface area (TPSA) is 153 Å². The molecule has 2 heterocycles. The summed E-state index contributed by atoms with van der Waals surface area (Å²) >= 11 is 0. The van der Waals surface area contributed by atoms with Gasteiger partial charge in [-0.25, -0.2) is 4.79 Å². The molecule has 0 radical (unpaired) electrons. The van der Waals surface area contributed by atoms with Crippen LogP contribution < -0.4 is 10.6 Å². The van der Waals surface area contributed by atoms with Gasteiger partial charge in [-0.15, -0.1) is 0 Å². The number of hydrogen-bond donors (Lipinski definition) is 2. The van der Waals surface area contributed by atoms with Gasteiger partial charge in [0, 0.05) is 35.6 Å². The van der Waals surface area contributed by atoms with Gasteiger partial charge in [0.2, 0.25) is 0 Å². The number of carbonyl (C=O) groups excluding carboxylic acids is 1. The van der Waals surface area contributed by atoms with Gasteiger partial charge in [0.25, 0.3) is 5.69 Å². The van der Waals surface area contributed by atoms with Crippen molar-refractivity contribution in [1.82, 2.24) is 9.97 Å². The average molecular weight is 404 g/mol. The molecule has 0 atom stereocenters. The second kappa shape index (κ2) is 7.39. The molecule has 4 aromatic rings. The molecular formula is C19H12N6O5. The molecule has 2 amide bonds. The molecule has 0 aliphatic carbocycles. The SMILES string of the molecule is O=C(Nc1ccc([N+](=O)[O-])cc1)Nc1c([N+](=O)[O-])c2cccnc2c2ncccc12. The van der Waals surface area contributed by atoms with Crippen LogP contribution in [0.15, 0.2) is 60.9 Å². The number of anilines is 2. The number of rotatable bonds is 4. The van der Waals surface area contributed by atoms with Crippen molar-refractivity contribution in [2.24, 2.45) is 0 Å². The first-order valence-corrected chi connectivity index (χ1v) is 8.58. The molecule has 30 heavy (non-hydrogen) atoms. The molecule has 2 aromatic heterocycles. The number of benzene rings is 2. The highest BCUT2D eigenvalue weighted by molar-refractivity contribution is 6.18. The highest BCUT2D eigenvalue weighted by Gasteiger charge is 2.25. The van der Waals surface area contributed by atoms with E-state index in [4.69, 9.17) is 0 Å². The summed E-state index contributed by atoms with van der Waals surface area (Å²) in [6.07, 6.45) is 3.04. The lowest BCUT2D eigenvalue weighted by Crippen LogP contribution is -2.20. The number of non-ortho nitro benzene ring substituents is 1. The number of aromatic nitrogens is 2. The van der Waals surface area contributed by atoms with Gasteiger partial charge < -0.3 is 10.6 Å². The zero-order valence-electron chi connectivity index (χ0n) is 15.1. The maximum Gasteiger partial charge on any atom is 0.323 e. The number of pyridine rings is 2. The second-order valence-corrected chi connectivity index (χ2v) is 6.16. The number of nitro groups is 2. The molecule has 0 aliphatic heterocycles. The van der Waals surface area contributed by atoms with E-state index in [1.165, 1.54) is 42.7 Å². The third-order valence-corrected chi connectivity index (χ3v) is 4.36. The third-order valence-electron chi connectivity index (χ3n) is 4.36. The monoisotopic (exact) mass is 404 g/mol. The highest BCUT2D eigenvalue weighted by Crippen LogP contribution is 2.39. The number of nitrogens with one attached hydrogen (secondary N) is 2. The van der Waals surface area contributed by atoms with E-state index in [1.807, 2.05) is 0 Å². The van der Waals surface area contributed by atoms with Crippen molar-refractivity contribution >= 4 is 50.6 Å². The normalized spacial score (nSPS) is 10.7. The molecule has 4 rings (SSSR count). The molecule has 0 bridgehead atoms. The summed E-state index contributed by atoms with van der Waals surface area (Å²) in [7, 11) is 0. The van der Waals surface area contributed by atoms with Crippen LogP contribution >= 0.6 is 0 Å². The van der Waals surface area contributed by atoms with Gasteiger partial charge in [-0.1, -0.05) is 0 Å². The van der Waals surface area contributed by atoms with Crippen LogP contribution in [-0.2, 0) is 0 Å². The Labute approximate surface area is 167 Å². The van der Waals surface area contributed by atoms with Gasteiger partial charge in [-0.05, 0) is 36.4 Å². The molecule has 148 valence electrons. The summed E-state index contributed by atoms with van der Waals surface area (Å²) in [4.78, 5) is 42.5. The molecule has 0 aliphatic rings. The minimum absolute atomic E-state index is 0.0250. The van der Waals surface area contributed by atoms with E-state index in [0.29, 0.717) is 16.4 Å². The van der Waals surface area contributed by atoms with E-state index >= 15 is 0 Å². The van der Waals surface area contributed by atoms with Crippen molar-refractivity contribution in [2.45, 2.75) is 0 Å². The maximum atomic E-state index is 12.5. The minimum atomic E-state index is -0.750. The smallest absolute Gasteiger partial charge is 0.308 e. The molecule has 2 N–H and O–H groups in total. The number of amides is 2. The highest BCUT2D eigenvalue weighted by atomic mass is 16.6. The van der Waals surface area contributed by atoms with Crippen LogP contribution in [-0.4, -0.2) is 25.8 Å². The zero-order chi connectivity index (χ0) is 21.3.